The van der Waals surface area contributed by atoms with E-state index in [0.29, 0.717) is 6.26 Å². The van der Waals surface area contributed by atoms with E-state index >= 15 is 0 Å². The van der Waals surface area contributed by atoms with Crippen LogP contribution in [0.1, 0.15) is 30.7 Å². The fraction of sp³-hybridized carbons (Fsp3) is 0.533. The minimum Gasteiger partial charge on any atom is -0.469 e. The van der Waals surface area contributed by atoms with E-state index in [4.69, 9.17) is 9.29 Å². The molecule has 124 valence electrons. The van der Waals surface area contributed by atoms with Crippen molar-refractivity contribution < 1.29 is 22.5 Å². The van der Waals surface area contributed by atoms with E-state index in [1.165, 1.54) is 20.0 Å². The third-order valence-corrected chi connectivity index (χ3v) is 3.36. The van der Waals surface area contributed by atoms with E-state index in [2.05, 4.69) is 5.32 Å². The molecular weight excluding hydrogens is 306 g/mol. The summed E-state index contributed by atoms with van der Waals surface area (Å²) in [7, 11) is -2.21. The van der Waals surface area contributed by atoms with Crippen LogP contribution < -0.4 is 5.32 Å². The van der Waals surface area contributed by atoms with Crippen LogP contribution >= 0.6 is 0 Å². The van der Waals surface area contributed by atoms with Gasteiger partial charge in [0.25, 0.3) is 10.1 Å². The molecule has 0 amide bonds. The molecule has 0 radical (unpaired) electrons. The maximum Gasteiger partial charge on any atom is 0.314 e. The summed E-state index contributed by atoms with van der Waals surface area (Å²) in [6.45, 7) is 0.991. The second-order valence-electron chi connectivity index (χ2n) is 5.20. The van der Waals surface area contributed by atoms with Crippen LogP contribution in [0.3, 0.4) is 0 Å². The van der Waals surface area contributed by atoms with Crippen LogP contribution in [0, 0.1) is 0 Å². The Bertz CT molecular complexity index is 545. The number of benzene rings is 1. The SMILES string of the molecule is COC(=O)C(c1ccccc1)C1CCCCN1.CS(=O)(=O)O. The van der Waals surface area contributed by atoms with Crippen LogP contribution in [0.2, 0.25) is 0 Å². The first-order valence-electron chi connectivity index (χ1n) is 7.11. The number of hydrogen-bond acceptors (Lipinski definition) is 5. The molecule has 0 aliphatic carbocycles. The first kappa shape index (κ1) is 18.6. The fourth-order valence-electron chi connectivity index (χ4n) is 2.48. The van der Waals surface area contributed by atoms with Crippen molar-refractivity contribution in [2.45, 2.75) is 31.2 Å². The highest BCUT2D eigenvalue weighted by molar-refractivity contribution is 7.85. The predicted octanol–water partition coefficient (Wildman–Crippen LogP) is 1.59. The summed E-state index contributed by atoms with van der Waals surface area (Å²) in [4.78, 5) is 11.9. The number of rotatable bonds is 3. The second-order valence-corrected chi connectivity index (χ2v) is 6.67. The summed E-state index contributed by atoms with van der Waals surface area (Å²) in [6, 6.07) is 10.1. The summed E-state index contributed by atoms with van der Waals surface area (Å²) >= 11 is 0. The lowest BCUT2D eigenvalue weighted by atomic mass is 9.86. The third kappa shape index (κ3) is 7.02. The van der Waals surface area contributed by atoms with Crippen molar-refractivity contribution in [3.05, 3.63) is 35.9 Å². The van der Waals surface area contributed by atoms with Gasteiger partial charge in [0, 0.05) is 6.04 Å². The van der Waals surface area contributed by atoms with Gasteiger partial charge in [-0.3, -0.25) is 9.35 Å². The van der Waals surface area contributed by atoms with E-state index in [1.807, 2.05) is 30.3 Å². The first-order valence-corrected chi connectivity index (χ1v) is 8.96. The Labute approximate surface area is 131 Å². The molecule has 1 heterocycles. The summed E-state index contributed by atoms with van der Waals surface area (Å²) in [6.07, 6.45) is 4.12. The molecule has 0 spiro atoms. The zero-order valence-corrected chi connectivity index (χ0v) is 13.7. The van der Waals surface area contributed by atoms with Gasteiger partial charge in [0.15, 0.2) is 0 Å². The molecule has 1 aliphatic rings. The van der Waals surface area contributed by atoms with Gasteiger partial charge in [-0.15, -0.1) is 0 Å². The van der Waals surface area contributed by atoms with E-state index < -0.39 is 10.1 Å². The van der Waals surface area contributed by atoms with Crippen molar-refractivity contribution in [2.24, 2.45) is 0 Å². The molecule has 1 fully saturated rings. The Kier molecular flexibility index (Phi) is 7.50. The quantitative estimate of drug-likeness (QED) is 0.646. The zero-order valence-electron chi connectivity index (χ0n) is 12.9. The van der Waals surface area contributed by atoms with Crippen LogP contribution in [-0.2, 0) is 19.6 Å². The highest BCUT2D eigenvalue weighted by atomic mass is 32.2. The molecule has 2 rings (SSSR count). The lowest BCUT2D eigenvalue weighted by Gasteiger charge is -2.29. The molecule has 7 heteroatoms. The summed E-state index contributed by atoms with van der Waals surface area (Å²) < 4.78 is 30.8. The van der Waals surface area contributed by atoms with Crippen LogP contribution in [0.4, 0.5) is 0 Å². The number of carbonyl (C=O) groups excluding carboxylic acids is 1. The van der Waals surface area contributed by atoms with Crippen molar-refractivity contribution in [1.29, 1.82) is 0 Å². The van der Waals surface area contributed by atoms with Crippen LogP contribution in [0.5, 0.6) is 0 Å². The molecule has 6 nitrogen and oxygen atoms in total. The van der Waals surface area contributed by atoms with Gasteiger partial charge < -0.3 is 10.1 Å². The van der Waals surface area contributed by atoms with Crippen LogP contribution in [0.15, 0.2) is 30.3 Å². The first-order chi connectivity index (χ1) is 10.3. The highest BCUT2D eigenvalue weighted by Gasteiger charge is 2.31. The van der Waals surface area contributed by atoms with Crippen molar-refractivity contribution in [2.75, 3.05) is 19.9 Å². The largest absolute Gasteiger partial charge is 0.469 e. The number of piperidine rings is 1. The Morgan fingerprint density at radius 2 is 1.91 bits per heavy atom. The summed E-state index contributed by atoms with van der Waals surface area (Å²) in [5.74, 6) is -0.322. The molecule has 1 aromatic rings. The molecule has 2 atom stereocenters. The summed E-state index contributed by atoms with van der Waals surface area (Å²) in [5, 5.41) is 3.43. The second kappa shape index (κ2) is 8.87. The molecule has 1 aromatic carbocycles. The molecule has 0 saturated carbocycles. The van der Waals surface area contributed by atoms with Gasteiger partial charge in [-0.05, 0) is 24.9 Å². The number of carbonyl (C=O) groups is 1. The van der Waals surface area contributed by atoms with Crippen LogP contribution in [-0.4, -0.2) is 44.9 Å². The lowest BCUT2D eigenvalue weighted by molar-refractivity contribution is -0.143. The zero-order chi connectivity index (χ0) is 16.6. The van der Waals surface area contributed by atoms with Gasteiger partial charge in [0.2, 0.25) is 0 Å². The molecule has 0 aromatic heterocycles. The minimum atomic E-state index is -3.67. The monoisotopic (exact) mass is 329 g/mol. The molecule has 2 N–H and O–H groups in total. The highest BCUT2D eigenvalue weighted by Crippen LogP contribution is 2.26. The molecule has 1 saturated heterocycles. The number of esters is 1. The van der Waals surface area contributed by atoms with Gasteiger partial charge in [-0.1, -0.05) is 36.8 Å². The van der Waals surface area contributed by atoms with Gasteiger partial charge in [0.1, 0.15) is 0 Å². The maximum absolute atomic E-state index is 11.9. The summed E-state index contributed by atoms with van der Waals surface area (Å²) in [5.41, 5.74) is 1.04. The molecular formula is C15H23NO5S. The number of ether oxygens (including phenoxy) is 1. The van der Waals surface area contributed by atoms with Gasteiger partial charge in [-0.25, -0.2) is 0 Å². The molecule has 1 aliphatic heterocycles. The Morgan fingerprint density at radius 3 is 2.36 bits per heavy atom. The van der Waals surface area contributed by atoms with E-state index in [9.17, 15) is 13.2 Å². The number of methoxy groups -OCH3 is 1. The average Bonchev–Trinajstić information content (AvgIpc) is 2.48. The normalized spacial score (nSPS) is 19.5. The molecule has 2 unspecified atom stereocenters. The van der Waals surface area contributed by atoms with Crippen molar-refractivity contribution in [3.8, 4) is 0 Å². The topological polar surface area (TPSA) is 92.7 Å². The Balaban J connectivity index is 0.000000422. The van der Waals surface area contributed by atoms with Gasteiger partial charge in [0.05, 0.1) is 19.3 Å². The van der Waals surface area contributed by atoms with Gasteiger partial charge in [-0.2, -0.15) is 8.42 Å². The number of nitrogens with one attached hydrogen (secondary N) is 1. The van der Waals surface area contributed by atoms with E-state index in [0.717, 1.165) is 18.5 Å². The molecule has 22 heavy (non-hydrogen) atoms. The Hall–Kier alpha value is -1.44. The minimum absolute atomic E-state index is 0.143. The average molecular weight is 329 g/mol. The lowest BCUT2D eigenvalue weighted by Crippen LogP contribution is -2.42. The molecule has 0 bridgehead atoms. The third-order valence-electron chi connectivity index (χ3n) is 3.36. The predicted molar refractivity (Wildman–Crippen MR) is 84.3 cm³/mol. The van der Waals surface area contributed by atoms with Crippen LogP contribution in [0.25, 0.3) is 0 Å². The van der Waals surface area contributed by atoms with Crippen molar-refractivity contribution >= 4 is 16.1 Å². The fourth-order valence-corrected chi connectivity index (χ4v) is 2.48. The smallest absolute Gasteiger partial charge is 0.314 e. The van der Waals surface area contributed by atoms with E-state index in [1.54, 1.807) is 0 Å². The maximum atomic E-state index is 11.9. The van der Waals surface area contributed by atoms with Crippen molar-refractivity contribution in [1.82, 2.24) is 5.32 Å². The van der Waals surface area contributed by atoms with Crippen molar-refractivity contribution in [3.63, 3.8) is 0 Å². The number of hydrogen-bond donors (Lipinski definition) is 2. The van der Waals surface area contributed by atoms with E-state index in [-0.39, 0.29) is 17.9 Å². The Morgan fingerprint density at radius 1 is 1.32 bits per heavy atom. The van der Waals surface area contributed by atoms with Gasteiger partial charge >= 0.3 is 5.97 Å². The standard InChI is InChI=1S/C14H19NO2.CH4O3S/c1-17-14(16)13(11-7-3-2-4-8-11)12-9-5-6-10-15-12;1-5(2,3)4/h2-4,7-8,12-13,15H,5-6,9-10H2,1H3;1H3,(H,2,3,4).